The van der Waals surface area contributed by atoms with E-state index in [0.29, 0.717) is 5.03 Å². The van der Waals surface area contributed by atoms with Gasteiger partial charge in [0.1, 0.15) is 5.40 Å². The second-order valence-corrected chi connectivity index (χ2v) is 1.81. The molecule has 1 rings (SSSR count). The normalized spacial score (nSPS) is 8.38. The molecule has 1 aromatic heterocycles. The van der Waals surface area contributed by atoms with Crippen LogP contribution in [-0.2, 0) is 0 Å². The summed E-state index contributed by atoms with van der Waals surface area (Å²) in [6.45, 7) is 0. The Morgan fingerprint density at radius 3 is 3.25 bits per heavy atom. The molecule has 0 radical (unpaired) electrons. The highest BCUT2D eigenvalue weighted by molar-refractivity contribution is 8.03. The number of nitrogens with zero attached hydrogens (tertiary/aromatic N) is 3. The lowest BCUT2D eigenvalue weighted by molar-refractivity contribution is 0.912. The molecule has 1 N–H and O–H groups in total. The highest BCUT2D eigenvalue weighted by Gasteiger charge is 1.90. The molecule has 0 aliphatic rings. The lowest BCUT2D eigenvalue weighted by Gasteiger charge is -1.71. The average Bonchev–Trinajstić information content (AvgIpc) is 2.19. The quantitative estimate of drug-likeness (QED) is 0.436. The first-order valence-corrected chi connectivity index (χ1v) is 2.67. The van der Waals surface area contributed by atoms with Crippen molar-refractivity contribution in [2.45, 2.75) is 5.03 Å². The summed E-state index contributed by atoms with van der Waals surface area (Å²) >= 11 is 0.983. The fourth-order valence-electron chi connectivity index (χ4n) is 0.287. The summed E-state index contributed by atoms with van der Waals surface area (Å²) in [4.78, 5) is 0. The van der Waals surface area contributed by atoms with E-state index in [0.717, 1.165) is 11.8 Å². The predicted molar refractivity (Wildman–Crippen MR) is 27.9 cm³/mol. The van der Waals surface area contributed by atoms with Crippen LogP contribution >= 0.6 is 11.8 Å². The molecule has 8 heavy (non-hydrogen) atoms. The van der Waals surface area contributed by atoms with E-state index >= 15 is 0 Å². The van der Waals surface area contributed by atoms with E-state index in [4.69, 9.17) is 5.26 Å². The molecule has 0 fully saturated rings. The summed E-state index contributed by atoms with van der Waals surface area (Å²) in [6, 6.07) is 0. The number of nitriles is 1. The van der Waals surface area contributed by atoms with Crippen LogP contribution in [0, 0.1) is 10.7 Å². The van der Waals surface area contributed by atoms with E-state index in [1.807, 2.05) is 5.40 Å². The second-order valence-electron chi connectivity index (χ2n) is 1.00. The van der Waals surface area contributed by atoms with Gasteiger partial charge in [-0.25, -0.2) is 0 Å². The maximum atomic E-state index is 8.07. The molecular formula is C3H2N4S. The van der Waals surface area contributed by atoms with Crippen molar-refractivity contribution in [1.29, 1.82) is 5.26 Å². The zero-order valence-electron chi connectivity index (χ0n) is 3.83. The number of aromatic amines is 1. The topological polar surface area (TPSA) is 65.4 Å². The number of H-pyrrole nitrogens is 1. The van der Waals surface area contributed by atoms with Crippen molar-refractivity contribution in [2.24, 2.45) is 0 Å². The molecule has 0 unspecified atom stereocenters. The van der Waals surface area contributed by atoms with E-state index in [2.05, 4.69) is 15.4 Å². The maximum Gasteiger partial charge on any atom is 0.153 e. The first-order valence-electron chi connectivity index (χ1n) is 1.85. The summed E-state index contributed by atoms with van der Waals surface area (Å²) < 4.78 is 0. The van der Waals surface area contributed by atoms with Crippen LogP contribution in [0.3, 0.4) is 0 Å². The lowest BCUT2D eigenvalue weighted by Crippen LogP contribution is -1.66. The lowest BCUT2D eigenvalue weighted by atomic mass is 11.0. The van der Waals surface area contributed by atoms with Gasteiger partial charge in [0, 0.05) is 11.8 Å². The van der Waals surface area contributed by atoms with Crippen LogP contribution in [0.2, 0.25) is 0 Å². The Morgan fingerprint density at radius 1 is 1.88 bits per heavy atom. The zero-order valence-corrected chi connectivity index (χ0v) is 4.64. The molecule has 0 saturated carbocycles. The third kappa shape index (κ3) is 0.978. The van der Waals surface area contributed by atoms with E-state index in [-0.39, 0.29) is 0 Å². The molecule has 0 bridgehead atoms. The standard InChI is InChI=1S/C3H2N4S/c4-2-8-3-1-5-7-6-3/h1H,(H,5,6,7). The highest BCUT2D eigenvalue weighted by Crippen LogP contribution is 2.08. The predicted octanol–water partition coefficient (Wildman–Crippen LogP) is 0.378. The van der Waals surface area contributed by atoms with Crippen molar-refractivity contribution in [3.05, 3.63) is 6.20 Å². The van der Waals surface area contributed by atoms with Gasteiger partial charge in [-0.3, -0.25) is 0 Å². The summed E-state index contributed by atoms with van der Waals surface area (Å²) in [7, 11) is 0. The third-order valence-corrected chi connectivity index (χ3v) is 1.04. The number of hydrogen-bond acceptors (Lipinski definition) is 4. The van der Waals surface area contributed by atoms with Crippen LogP contribution in [0.4, 0.5) is 0 Å². The van der Waals surface area contributed by atoms with Crippen LogP contribution in [0.1, 0.15) is 0 Å². The smallest absolute Gasteiger partial charge is 0.153 e. The van der Waals surface area contributed by atoms with Gasteiger partial charge in [-0.15, -0.1) is 5.10 Å². The molecule has 0 atom stereocenters. The molecule has 40 valence electrons. The largest absolute Gasteiger partial charge is 0.197 e. The first-order chi connectivity index (χ1) is 3.93. The Hall–Kier alpha value is -1.02. The van der Waals surface area contributed by atoms with Crippen LogP contribution < -0.4 is 0 Å². The van der Waals surface area contributed by atoms with Gasteiger partial charge in [-0.2, -0.15) is 15.6 Å². The van der Waals surface area contributed by atoms with E-state index < -0.39 is 0 Å². The molecule has 0 aliphatic carbocycles. The fourth-order valence-corrected chi connectivity index (χ4v) is 0.572. The number of thioether (sulfide) groups is 1. The van der Waals surface area contributed by atoms with Gasteiger partial charge < -0.3 is 0 Å². The molecule has 4 nitrogen and oxygen atoms in total. The van der Waals surface area contributed by atoms with Crippen molar-refractivity contribution in [3.63, 3.8) is 0 Å². The van der Waals surface area contributed by atoms with Crippen molar-refractivity contribution >= 4 is 11.8 Å². The summed E-state index contributed by atoms with van der Waals surface area (Å²) in [5, 5.41) is 20.0. The Labute approximate surface area is 49.9 Å². The molecule has 0 saturated heterocycles. The van der Waals surface area contributed by atoms with Crippen LogP contribution in [0.5, 0.6) is 0 Å². The molecule has 1 heterocycles. The zero-order chi connectivity index (χ0) is 5.82. The Morgan fingerprint density at radius 2 is 2.75 bits per heavy atom. The number of nitrogens with one attached hydrogen (secondary N) is 1. The van der Waals surface area contributed by atoms with Gasteiger partial charge in [0.25, 0.3) is 0 Å². The molecule has 0 spiro atoms. The summed E-state index contributed by atoms with van der Waals surface area (Å²) in [5.74, 6) is 0. The van der Waals surface area contributed by atoms with Crippen molar-refractivity contribution in [2.75, 3.05) is 0 Å². The Balaban J connectivity index is 2.67. The fraction of sp³-hybridized carbons (Fsp3) is 0. The number of rotatable bonds is 1. The van der Waals surface area contributed by atoms with E-state index in [9.17, 15) is 0 Å². The summed E-state index contributed by atoms with van der Waals surface area (Å²) in [5.41, 5.74) is 0. The first kappa shape index (κ1) is 5.12. The molecule has 0 amide bonds. The van der Waals surface area contributed by atoms with Gasteiger partial charge in [0.05, 0.1) is 6.20 Å². The van der Waals surface area contributed by atoms with Gasteiger partial charge >= 0.3 is 0 Å². The third-order valence-electron chi connectivity index (χ3n) is 0.543. The Bertz CT molecular complexity index is 186. The van der Waals surface area contributed by atoms with E-state index in [1.165, 1.54) is 6.20 Å². The maximum absolute atomic E-state index is 8.07. The molecule has 5 heteroatoms. The van der Waals surface area contributed by atoms with Crippen LogP contribution in [-0.4, -0.2) is 15.4 Å². The molecule has 0 aromatic carbocycles. The van der Waals surface area contributed by atoms with Crippen molar-refractivity contribution in [1.82, 2.24) is 15.4 Å². The SMILES string of the molecule is N#CSc1cn[nH]n1. The van der Waals surface area contributed by atoms with Crippen molar-refractivity contribution in [3.8, 4) is 5.40 Å². The van der Waals surface area contributed by atoms with Gasteiger partial charge in [-0.1, -0.05) is 0 Å². The number of aromatic nitrogens is 3. The van der Waals surface area contributed by atoms with Gasteiger partial charge in [0.2, 0.25) is 0 Å². The number of hydrogen-bond donors (Lipinski definition) is 1. The highest BCUT2D eigenvalue weighted by atomic mass is 32.2. The minimum Gasteiger partial charge on any atom is -0.197 e. The van der Waals surface area contributed by atoms with Gasteiger partial charge in [-0.05, 0) is 0 Å². The average molecular weight is 126 g/mol. The van der Waals surface area contributed by atoms with Crippen LogP contribution in [0.15, 0.2) is 11.2 Å². The Kier molecular flexibility index (Phi) is 1.49. The molecular weight excluding hydrogens is 124 g/mol. The molecule has 0 aliphatic heterocycles. The van der Waals surface area contributed by atoms with E-state index in [1.54, 1.807) is 0 Å². The van der Waals surface area contributed by atoms with Crippen molar-refractivity contribution < 1.29 is 0 Å². The number of thiocyanates is 1. The summed E-state index contributed by atoms with van der Waals surface area (Å²) in [6.07, 6.45) is 1.49. The van der Waals surface area contributed by atoms with Gasteiger partial charge in [0.15, 0.2) is 5.03 Å². The minimum absolute atomic E-state index is 0.604. The monoisotopic (exact) mass is 126 g/mol. The molecule has 1 aromatic rings. The van der Waals surface area contributed by atoms with Crippen LogP contribution in [0.25, 0.3) is 0 Å². The second kappa shape index (κ2) is 2.33. The minimum atomic E-state index is 0.604.